The summed E-state index contributed by atoms with van der Waals surface area (Å²) in [6.07, 6.45) is -1.11. The molecule has 2 aliphatic rings. The summed E-state index contributed by atoms with van der Waals surface area (Å²) in [5, 5.41) is 17.7. The number of amides is 1. The molecule has 0 saturated carbocycles. The lowest BCUT2D eigenvalue weighted by Crippen LogP contribution is -2.29. The molecule has 12 heavy (non-hydrogen) atoms. The lowest BCUT2D eigenvalue weighted by Gasteiger charge is -2.13. The summed E-state index contributed by atoms with van der Waals surface area (Å²) in [6.45, 7) is 0.897. The minimum Gasteiger partial charge on any atom is -0.465 e. The van der Waals surface area contributed by atoms with Gasteiger partial charge in [0, 0.05) is 18.9 Å². The molecule has 0 bridgehead atoms. The van der Waals surface area contributed by atoms with E-state index in [9.17, 15) is 4.79 Å². The van der Waals surface area contributed by atoms with Crippen LogP contribution in [0.3, 0.4) is 0 Å². The van der Waals surface area contributed by atoms with Crippen molar-refractivity contribution in [3.05, 3.63) is 0 Å². The van der Waals surface area contributed by atoms with Crippen LogP contribution in [0, 0.1) is 5.92 Å². The average Bonchev–Trinajstić information content (AvgIpc) is 2.42. The van der Waals surface area contributed by atoms with Gasteiger partial charge < -0.3 is 19.8 Å². The maximum absolute atomic E-state index is 10.5. The van der Waals surface area contributed by atoms with Gasteiger partial charge in [0.2, 0.25) is 0 Å². The van der Waals surface area contributed by atoms with Gasteiger partial charge in [0.15, 0.2) is 6.29 Å². The van der Waals surface area contributed by atoms with Crippen molar-refractivity contribution < 1.29 is 19.7 Å². The molecule has 5 nitrogen and oxygen atoms in total. The van der Waals surface area contributed by atoms with Gasteiger partial charge in [-0.2, -0.15) is 0 Å². The number of aliphatic hydroxyl groups excluding tert-OH is 1. The first-order chi connectivity index (χ1) is 5.66. The van der Waals surface area contributed by atoms with E-state index in [0.717, 1.165) is 0 Å². The highest BCUT2D eigenvalue weighted by atomic mass is 16.6. The fourth-order valence-electron chi connectivity index (χ4n) is 1.89. The SMILES string of the molecule is O=C(O)N1CC2CC(O)OC2C1. The van der Waals surface area contributed by atoms with Gasteiger partial charge in [0.05, 0.1) is 12.6 Å². The first-order valence-corrected chi connectivity index (χ1v) is 3.98. The summed E-state index contributed by atoms with van der Waals surface area (Å²) in [5.41, 5.74) is 0. The van der Waals surface area contributed by atoms with Crippen LogP contribution >= 0.6 is 0 Å². The van der Waals surface area contributed by atoms with Crippen molar-refractivity contribution in [3.8, 4) is 0 Å². The molecule has 0 aromatic heterocycles. The maximum Gasteiger partial charge on any atom is 0.407 e. The first-order valence-electron chi connectivity index (χ1n) is 3.98. The zero-order chi connectivity index (χ0) is 8.72. The summed E-state index contributed by atoms with van der Waals surface area (Å²) in [7, 11) is 0. The van der Waals surface area contributed by atoms with Crippen molar-refractivity contribution in [1.82, 2.24) is 4.90 Å². The molecule has 3 unspecified atom stereocenters. The van der Waals surface area contributed by atoms with Crippen LogP contribution in [0.1, 0.15) is 6.42 Å². The Kier molecular flexibility index (Phi) is 1.69. The van der Waals surface area contributed by atoms with E-state index in [0.29, 0.717) is 19.5 Å². The molecule has 1 amide bonds. The predicted molar refractivity (Wildman–Crippen MR) is 38.6 cm³/mol. The second-order valence-electron chi connectivity index (χ2n) is 3.31. The lowest BCUT2D eigenvalue weighted by molar-refractivity contribution is -0.0911. The number of fused-ring (bicyclic) bond motifs is 1. The van der Waals surface area contributed by atoms with Crippen LogP contribution in [0.15, 0.2) is 0 Å². The smallest absolute Gasteiger partial charge is 0.407 e. The van der Waals surface area contributed by atoms with Crippen LogP contribution < -0.4 is 0 Å². The van der Waals surface area contributed by atoms with E-state index in [1.165, 1.54) is 4.90 Å². The number of hydrogen-bond donors (Lipinski definition) is 2. The van der Waals surface area contributed by atoms with Crippen LogP contribution in [0.4, 0.5) is 4.79 Å². The highest BCUT2D eigenvalue weighted by Crippen LogP contribution is 2.31. The third-order valence-electron chi connectivity index (χ3n) is 2.49. The monoisotopic (exact) mass is 173 g/mol. The van der Waals surface area contributed by atoms with E-state index in [1.807, 2.05) is 0 Å². The number of aliphatic hydroxyl groups is 1. The molecule has 0 aromatic rings. The molecule has 0 aliphatic carbocycles. The Morgan fingerprint density at radius 2 is 2.25 bits per heavy atom. The zero-order valence-electron chi connectivity index (χ0n) is 6.51. The number of carboxylic acid groups (broad SMARTS) is 1. The highest BCUT2D eigenvalue weighted by Gasteiger charge is 2.42. The quantitative estimate of drug-likeness (QED) is 0.527. The molecule has 3 atom stereocenters. The Labute approximate surface area is 69.5 Å². The van der Waals surface area contributed by atoms with E-state index in [1.54, 1.807) is 0 Å². The van der Waals surface area contributed by atoms with Crippen molar-refractivity contribution >= 4 is 6.09 Å². The number of rotatable bonds is 0. The van der Waals surface area contributed by atoms with Gasteiger partial charge in [0.1, 0.15) is 0 Å². The second-order valence-corrected chi connectivity index (χ2v) is 3.31. The molecule has 2 rings (SSSR count). The van der Waals surface area contributed by atoms with Crippen LogP contribution in [0.2, 0.25) is 0 Å². The van der Waals surface area contributed by atoms with Crippen LogP contribution in [-0.4, -0.2) is 46.7 Å². The Balaban J connectivity index is 1.98. The summed E-state index contributed by atoms with van der Waals surface area (Å²) >= 11 is 0. The molecule has 68 valence electrons. The fraction of sp³-hybridized carbons (Fsp3) is 0.857. The van der Waals surface area contributed by atoms with Crippen molar-refractivity contribution in [2.75, 3.05) is 13.1 Å². The van der Waals surface area contributed by atoms with Gasteiger partial charge in [0.25, 0.3) is 0 Å². The van der Waals surface area contributed by atoms with Gasteiger partial charge in [-0.25, -0.2) is 4.79 Å². The van der Waals surface area contributed by atoms with Gasteiger partial charge >= 0.3 is 6.09 Å². The Morgan fingerprint density at radius 1 is 1.50 bits per heavy atom. The molecule has 2 N–H and O–H groups in total. The van der Waals surface area contributed by atoms with Crippen molar-refractivity contribution in [2.24, 2.45) is 5.92 Å². The maximum atomic E-state index is 10.5. The topological polar surface area (TPSA) is 70.0 Å². The van der Waals surface area contributed by atoms with Crippen LogP contribution in [-0.2, 0) is 4.74 Å². The molecule has 2 fully saturated rings. The van der Waals surface area contributed by atoms with Gasteiger partial charge in [-0.05, 0) is 0 Å². The van der Waals surface area contributed by atoms with Crippen molar-refractivity contribution in [3.63, 3.8) is 0 Å². The minimum atomic E-state index is -0.900. The number of nitrogens with zero attached hydrogens (tertiary/aromatic N) is 1. The standard InChI is InChI=1S/C7H11NO4/c9-6-1-4-2-8(7(10)11)3-5(4)12-6/h4-6,9H,1-3H2,(H,10,11). The summed E-state index contributed by atoms with van der Waals surface area (Å²) in [6, 6.07) is 0. The predicted octanol–water partition coefficient (Wildman–Crippen LogP) is -0.296. The number of ether oxygens (including phenoxy) is 1. The lowest BCUT2D eigenvalue weighted by atomic mass is 10.1. The van der Waals surface area contributed by atoms with Gasteiger partial charge in [-0.3, -0.25) is 0 Å². The second kappa shape index (κ2) is 2.60. The molecule has 2 heterocycles. The van der Waals surface area contributed by atoms with Gasteiger partial charge in [-0.15, -0.1) is 0 Å². The number of likely N-dealkylation sites (tertiary alicyclic amines) is 1. The van der Waals surface area contributed by atoms with Crippen molar-refractivity contribution in [1.29, 1.82) is 0 Å². The molecule has 2 aliphatic heterocycles. The van der Waals surface area contributed by atoms with E-state index in [4.69, 9.17) is 14.9 Å². The Bertz CT molecular complexity index is 194. The largest absolute Gasteiger partial charge is 0.465 e. The van der Waals surface area contributed by atoms with E-state index < -0.39 is 12.4 Å². The molecule has 5 heteroatoms. The van der Waals surface area contributed by atoms with E-state index >= 15 is 0 Å². The third kappa shape index (κ3) is 1.15. The fourth-order valence-corrected chi connectivity index (χ4v) is 1.89. The summed E-state index contributed by atoms with van der Waals surface area (Å²) < 4.78 is 5.12. The van der Waals surface area contributed by atoms with E-state index in [2.05, 4.69) is 0 Å². The number of hydrogen-bond acceptors (Lipinski definition) is 3. The molecule has 0 aromatic carbocycles. The van der Waals surface area contributed by atoms with Crippen LogP contribution in [0.25, 0.3) is 0 Å². The summed E-state index contributed by atoms with van der Waals surface area (Å²) in [5.74, 6) is 0.191. The van der Waals surface area contributed by atoms with Crippen LogP contribution in [0.5, 0.6) is 0 Å². The normalized spacial score (nSPS) is 40.1. The van der Waals surface area contributed by atoms with Crippen molar-refractivity contribution in [2.45, 2.75) is 18.8 Å². The Morgan fingerprint density at radius 3 is 2.83 bits per heavy atom. The minimum absolute atomic E-state index is 0.0869. The third-order valence-corrected chi connectivity index (χ3v) is 2.49. The van der Waals surface area contributed by atoms with E-state index in [-0.39, 0.29) is 12.0 Å². The molecular weight excluding hydrogens is 162 g/mol. The molecule has 2 saturated heterocycles. The highest BCUT2D eigenvalue weighted by molar-refractivity contribution is 5.65. The molecule has 0 spiro atoms. The summed E-state index contributed by atoms with van der Waals surface area (Å²) in [4.78, 5) is 11.9. The molecule has 0 radical (unpaired) electrons. The molecular formula is C7H11NO4. The number of carbonyl (C=O) groups is 1. The first kappa shape index (κ1) is 7.82. The zero-order valence-corrected chi connectivity index (χ0v) is 6.51. The average molecular weight is 173 g/mol. The van der Waals surface area contributed by atoms with Gasteiger partial charge in [-0.1, -0.05) is 0 Å². The Hall–Kier alpha value is -0.810.